The Kier molecular flexibility index (Phi) is 7.36. The van der Waals surface area contributed by atoms with Gasteiger partial charge in [-0.3, -0.25) is 0 Å². The summed E-state index contributed by atoms with van der Waals surface area (Å²) in [5, 5.41) is 5.59. The van der Waals surface area contributed by atoms with Crippen LogP contribution in [0.5, 0.6) is 0 Å². The summed E-state index contributed by atoms with van der Waals surface area (Å²) in [5.41, 5.74) is 0. The fraction of sp³-hybridized carbons (Fsp3) is 0.133. The second-order valence-corrected chi connectivity index (χ2v) is 15.3. The van der Waals surface area contributed by atoms with Crippen LogP contribution in [-0.4, -0.2) is 24.9 Å². The van der Waals surface area contributed by atoms with Gasteiger partial charge in [0, 0.05) is 0 Å². The van der Waals surface area contributed by atoms with Gasteiger partial charge in [-0.25, -0.2) is 0 Å². The largest absolute Gasteiger partial charge is 0.0926 e. The van der Waals surface area contributed by atoms with E-state index in [1.807, 2.05) is 0 Å². The average Bonchev–Trinajstić information content (AvgIpc) is 2.88. The van der Waals surface area contributed by atoms with Crippen LogP contribution in [0.2, 0.25) is 0 Å². The first-order valence-electron chi connectivity index (χ1n) is 11.3. The van der Waals surface area contributed by atoms with Crippen molar-refractivity contribution in [1.29, 1.82) is 0 Å². The molecule has 0 aliphatic carbocycles. The molecule has 0 saturated heterocycles. The molecule has 4 aromatic rings. The van der Waals surface area contributed by atoms with E-state index >= 15 is 0 Å². The van der Waals surface area contributed by atoms with Gasteiger partial charge < -0.3 is 0 Å². The van der Waals surface area contributed by atoms with Crippen molar-refractivity contribution in [1.82, 2.24) is 0 Å². The van der Waals surface area contributed by atoms with E-state index in [9.17, 15) is 0 Å². The van der Waals surface area contributed by atoms with Gasteiger partial charge in [-0.1, -0.05) is 148 Å². The predicted molar refractivity (Wildman–Crippen MR) is 151 cm³/mol. The lowest BCUT2D eigenvalue weighted by Crippen LogP contribution is -2.20. The van der Waals surface area contributed by atoms with E-state index in [4.69, 9.17) is 12.6 Å². The second kappa shape index (κ2) is 10.4. The highest BCUT2D eigenvalue weighted by Gasteiger charge is 2.22. The highest BCUT2D eigenvalue weighted by Crippen LogP contribution is 2.46. The monoisotopic (exact) mass is 454 g/mol. The minimum absolute atomic E-state index is 1.13. The number of benzene rings is 4. The lowest BCUT2D eigenvalue weighted by Gasteiger charge is -2.28. The van der Waals surface area contributed by atoms with E-state index < -0.39 is 13.8 Å². The molecular weight excluding hydrogens is 422 g/mol. The Morgan fingerprint density at radius 2 is 0.594 bits per heavy atom. The highest BCUT2D eigenvalue weighted by molar-refractivity contribution is 7.87. The van der Waals surface area contributed by atoms with Gasteiger partial charge in [0.2, 0.25) is 0 Å². The molecule has 0 bridgehead atoms. The topological polar surface area (TPSA) is 0 Å². The molecule has 0 aliphatic heterocycles. The number of hydrogen-bond acceptors (Lipinski definition) is 0. The molecular formula is C30H32P2. The Balaban J connectivity index is 1.55. The molecule has 0 nitrogen and oxygen atoms in total. The van der Waals surface area contributed by atoms with Crippen LogP contribution in [0.15, 0.2) is 121 Å². The molecule has 4 aromatic carbocycles. The van der Waals surface area contributed by atoms with Crippen LogP contribution >= 0.6 is 13.8 Å². The summed E-state index contributed by atoms with van der Waals surface area (Å²) in [7, 11) is 0. The lowest BCUT2D eigenvalue weighted by molar-refractivity contribution is 0.900. The van der Waals surface area contributed by atoms with Crippen molar-refractivity contribution >= 4 is 47.6 Å². The summed E-state index contributed by atoms with van der Waals surface area (Å²) in [6, 6.07) is 43.7. The SMILES string of the molecule is C=P(CCCCP(=C)(c1ccccc1)c1ccccc1)(c1ccccc1)c1ccccc1. The van der Waals surface area contributed by atoms with E-state index in [1.54, 1.807) is 0 Å². The molecule has 0 radical (unpaired) electrons. The maximum Gasteiger partial charge on any atom is -0.0208 e. The lowest BCUT2D eigenvalue weighted by atomic mass is 10.4. The smallest absolute Gasteiger partial charge is 0.0208 e. The maximum absolute atomic E-state index is 4.86. The van der Waals surface area contributed by atoms with Crippen molar-refractivity contribution in [3.63, 3.8) is 0 Å². The molecule has 0 aliphatic rings. The Hall–Kier alpha value is -2.52. The van der Waals surface area contributed by atoms with Crippen molar-refractivity contribution in [2.24, 2.45) is 0 Å². The van der Waals surface area contributed by atoms with Crippen LogP contribution in [0.3, 0.4) is 0 Å². The van der Waals surface area contributed by atoms with Gasteiger partial charge in [0.15, 0.2) is 0 Å². The molecule has 0 unspecified atom stereocenters. The first-order valence-corrected chi connectivity index (χ1v) is 15.6. The molecule has 0 N–H and O–H groups in total. The van der Waals surface area contributed by atoms with E-state index in [2.05, 4.69) is 121 Å². The van der Waals surface area contributed by atoms with Crippen molar-refractivity contribution in [2.75, 3.05) is 12.3 Å². The quantitative estimate of drug-likeness (QED) is 0.216. The summed E-state index contributed by atoms with van der Waals surface area (Å²) < 4.78 is 0. The fourth-order valence-corrected chi connectivity index (χ4v) is 10.6. The second-order valence-electron chi connectivity index (χ2n) is 8.43. The zero-order chi connectivity index (χ0) is 22.3. The van der Waals surface area contributed by atoms with E-state index in [0.29, 0.717) is 0 Å². The van der Waals surface area contributed by atoms with Crippen molar-refractivity contribution in [2.45, 2.75) is 12.8 Å². The third-order valence-electron chi connectivity index (χ3n) is 6.33. The molecule has 2 heteroatoms. The normalized spacial score (nSPS) is 11.9. The molecule has 0 saturated carbocycles. The van der Waals surface area contributed by atoms with Crippen LogP contribution in [-0.2, 0) is 0 Å². The van der Waals surface area contributed by atoms with Gasteiger partial charge in [0.1, 0.15) is 0 Å². The first-order chi connectivity index (χ1) is 15.6. The van der Waals surface area contributed by atoms with Gasteiger partial charge in [-0.15, -0.1) is 0 Å². The summed E-state index contributed by atoms with van der Waals surface area (Å²) in [4.78, 5) is 0. The minimum atomic E-state index is -1.66. The zero-order valence-corrected chi connectivity index (χ0v) is 20.5. The minimum Gasteiger partial charge on any atom is -0.0926 e. The Morgan fingerprint density at radius 1 is 0.375 bits per heavy atom. The van der Waals surface area contributed by atoms with Crippen molar-refractivity contribution in [3.8, 4) is 0 Å². The summed E-state index contributed by atoms with van der Waals surface area (Å²) in [6.45, 7) is -3.32. The molecule has 0 heterocycles. The molecule has 0 aromatic heterocycles. The molecule has 4 rings (SSSR count). The van der Waals surface area contributed by atoms with Crippen LogP contribution in [0, 0.1) is 0 Å². The van der Waals surface area contributed by atoms with Crippen LogP contribution in [0.1, 0.15) is 12.8 Å². The van der Waals surface area contributed by atoms with Crippen LogP contribution < -0.4 is 21.2 Å². The van der Waals surface area contributed by atoms with Crippen molar-refractivity contribution in [3.05, 3.63) is 121 Å². The average molecular weight is 455 g/mol. The molecule has 32 heavy (non-hydrogen) atoms. The van der Waals surface area contributed by atoms with Crippen LogP contribution in [0.25, 0.3) is 0 Å². The van der Waals surface area contributed by atoms with Crippen LogP contribution in [0.4, 0.5) is 0 Å². The summed E-state index contributed by atoms with van der Waals surface area (Å²) >= 11 is 0. The Labute approximate surface area is 193 Å². The number of rotatable bonds is 9. The van der Waals surface area contributed by atoms with Gasteiger partial charge in [-0.2, -0.15) is 0 Å². The number of hydrogen-bond donors (Lipinski definition) is 0. The molecule has 0 amide bonds. The third-order valence-corrected chi connectivity index (χ3v) is 13.6. The van der Waals surface area contributed by atoms with E-state index in [-0.39, 0.29) is 0 Å². The van der Waals surface area contributed by atoms with Gasteiger partial charge in [-0.05, 0) is 46.4 Å². The fourth-order valence-electron chi connectivity index (χ4n) is 4.43. The third kappa shape index (κ3) is 4.94. The molecule has 0 spiro atoms. The standard InChI is InChI=1S/C30H32P2/c1-31(27-17-7-3-8-18-27,28-19-9-4-10-20-28)25-15-16-26-32(2,29-21-11-5-12-22-29)30-23-13-6-14-24-30/h3-14,17-24H,1-2,15-16,25-26H2. The highest BCUT2D eigenvalue weighted by atomic mass is 31.2. The Morgan fingerprint density at radius 3 is 0.812 bits per heavy atom. The number of unbranched alkanes of at least 4 members (excludes halogenated alkanes) is 1. The predicted octanol–water partition coefficient (Wildman–Crippen LogP) is 5.97. The Bertz CT molecular complexity index is 1010. The maximum atomic E-state index is 4.86. The summed E-state index contributed by atoms with van der Waals surface area (Å²) in [5.74, 6) is 0. The van der Waals surface area contributed by atoms with Gasteiger partial charge in [0.25, 0.3) is 0 Å². The zero-order valence-electron chi connectivity index (χ0n) is 18.7. The summed E-state index contributed by atoms with van der Waals surface area (Å²) in [6.07, 6.45) is 14.3. The molecule has 0 fully saturated rings. The van der Waals surface area contributed by atoms with Crippen molar-refractivity contribution < 1.29 is 0 Å². The van der Waals surface area contributed by atoms with E-state index in [0.717, 1.165) is 25.2 Å². The molecule has 162 valence electrons. The van der Waals surface area contributed by atoms with E-state index in [1.165, 1.54) is 21.2 Å². The first kappa shape index (κ1) is 22.7. The molecule has 0 atom stereocenters. The van der Waals surface area contributed by atoms with Gasteiger partial charge in [0.05, 0.1) is 0 Å². The van der Waals surface area contributed by atoms with Gasteiger partial charge >= 0.3 is 0 Å².